The maximum Gasteiger partial charge on any atom is 0.240 e. The van der Waals surface area contributed by atoms with E-state index in [1.54, 1.807) is 6.07 Å². The van der Waals surface area contributed by atoms with Crippen LogP contribution in [0.5, 0.6) is 0 Å². The molecule has 2 atom stereocenters. The van der Waals surface area contributed by atoms with Crippen molar-refractivity contribution < 1.29 is 13.5 Å². The van der Waals surface area contributed by atoms with Crippen LogP contribution in [0.4, 0.5) is 0 Å². The van der Waals surface area contributed by atoms with Gasteiger partial charge in [-0.2, -0.15) is 0 Å². The van der Waals surface area contributed by atoms with E-state index in [0.29, 0.717) is 22.3 Å². The summed E-state index contributed by atoms with van der Waals surface area (Å²) in [6, 6.07) is 4.05. The summed E-state index contributed by atoms with van der Waals surface area (Å²) >= 11 is 9.12. The van der Waals surface area contributed by atoms with Crippen molar-refractivity contribution in [3.05, 3.63) is 27.7 Å². The minimum absolute atomic E-state index is 0.110. The lowest BCUT2D eigenvalue weighted by atomic mass is 9.93. The minimum atomic E-state index is -3.65. The first-order valence-corrected chi connectivity index (χ1v) is 8.71. The summed E-state index contributed by atoms with van der Waals surface area (Å²) in [5.74, 6) is 0. The van der Waals surface area contributed by atoms with Gasteiger partial charge in [0.05, 0.1) is 16.0 Å². The van der Waals surface area contributed by atoms with Crippen LogP contribution >= 0.6 is 27.5 Å². The molecule has 0 saturated heterocycles. The fourth-order valence-electron chi connectivity index (χ4n) is 2.16. The normalized spacial score (nSPS) is 24.4. The van der Waals surface area contributed by atoms with Crippen molar-refractivity contribution in [2.75, 3.05) is 0 Å². The van der Waals surface area contributed by atoms with Crippen molar-refractivity contribution in [1.82, 2.24) is 4.72 Å². The van der Waals surface area contributed by atoms with E-state index in [1.807, 2.05) is 0 Å². The Bertz CT molecular complexity index is 564. The van der Waals surface area contributed by atoms with E-state index in [0.717, 1.165) is 12.8 Å². The van der Waals surface area contributed by atoms with Crippen LogP contribution in [-0.4, -0.2) is 25.7 Å². The highest BCUT2D eigenvalue weighted by atomic mass is 79.9. The zero-order valence-electron chi connectivity index (χ0n) is 10.1. The van der Waals surface area contributed by atoms with Crippen molar-refractivity contribution in [2.45, 2.75) is 42.7 Å². The van der Waals surface area contributed by atoms with Crippen LogP contribution in [0.1, 0.15) is 25.7 Å². The van der Waals surface area contributed by atoms with Crippen LogP contribution in [0, 0.1) is 0 Å². The molecule has 0 aromatic heterocycles. The van der Waals surface area contributed by atoms with Crippen LogP contribution in [0.25, 0.3) is 0 Å². The summed E-state index contributed by atoms with van der Waals surface area (Å²) in [6.07, 6.45) is 2.53. The smallest absolute Gasteiger partial charge is 0.240 e. The summed E-state index contributed by atoms with van der Waals surface area (Å²) in [6.45, 7) is 0. The third-order valence-corrected chi connectivity index (χ3v) is 5.96. The summed E-state index contributed by atoms with van der Waals surface area (Å²) < 4.78 is 27.6. The Morgan fingerprint density at radius 2 is 2.00 bits per heavy atom. The summed E-state index contributed by atoms with van der Waals surface area (Å²) in [7, 11) is -3.65. The molecule has 0 radical (unpaired) electrons. The van der Waals surface area contributed by atoms with Gasteiger partial charge in [0, 0.05) is 10.5 Å². The van der Waals surface area contributed by atoms with Crippen molar-refractivity contribution in [2.24, 2.45) is 0 Å². The molecule has 0 bridgehead atoms. The van der Waals surface area contributed by atoms with Crippen molar-refractivity contribution >= 4 is 37.6 Å². The molecule has 1 aromatic carbocycles. The molecular formula is C12H15BrClNO3S. The molecule has 1 saturated carbocycles. The molecule has 106 valence electrons. The first-order valence-electron chi connectivity index (χ1n) is 6.05. The molecule has 2 rings (SSSR count). The van der Waals surface area contributed by atoms with Crippen LogP contribution in [-0.2, 0) is 10.0 Å². The van der Waals surface area contributed by atoms with Gasteiger partial charge >= 0.3 is 0 Å². The molecule has 19 heavy (non-hydrogen) atoms. The average molecular weight is 369 g/mol. The Hall–Kier alpha value is -0.140. The molecule has 0 aliphatic heterocycles. The number of aliphatic hydroxyl groups excluding tert-OH is 1. The third-order valence-electron chi connectivity index (χ3n) is 3.24. The number of benzene rings is 1. The van der Waals surface area contributed by atoms with E-state index in [1.165, 1.54) is 12.1 Å². The molecule has 2 N–H and O–H groups in total. The minimum Gasteiger partial charge on any atom is -0.391 e. The van der Waals surface area contributed by atoms with Gasteiger partial charge in [0.1, 0.15) is 0 Å². The van der Waals surface area contributed by atoms with Crippen LogP contribution in [0.3, 0.4) is 0 Å². The predicted octanol–water partition coefficient (Wildman–Crippen LogP) is 2.68. The number of sulfonamides is 1. The lowest BCUT2D eigenvalue weighted by Gasteiger charge is -2.28. The van der Waals surface area contributed by atoms with E-state index in [2.05, 4.69) is 20.7 Å². The zero-order valence-corrected chi connectivity index (χ0v) is 13.3. The average Bonchev–Trinajstić information content (AvgIpc) is 2.35. The van der Waals surface area contributed by atoms with Crippen molar-refractivity contribution in [1.29, 1.82) is 0 Å². The second-order valence-corrected chi connectivity index (χ2v) is 7.63. The largest absolute Gasteiger partial charge is 0.391 e. The van der Waals surface area contributed by atoms with E-state index in [-0.39, 0.29) is 4.90 Å². The molecule has 2 unspecified atom stereocenters. The SMILES string of the molecule is O=S(=O)(NC1CCCCC1O)c1ccc(Br)c(Cl)c1. The highest BCUT2D eigenvalue weighted by Gasteiger charge is 2.28. The molecule has 1 aromatic rings. The number of halogens is 2. The van der Waals surface area contributed by atoms with Crippen molar-refractivity contribution in [3.63, 3.8) is 0 Å². The van der Waals surface area contributed by atoms with Crippen LogP contribution < -0.4 is 4.72 Å². The van der Waals surface area contributed by atoms with Crippen molar-refractivity contribution in [3.8, 4) is 0 Å². The Labute approximate surface area is 126 Å². The van der Waals surface area contributed by atoms with E-state index >= 15 is 0 Å². The Morgan fingerprint density at radius 3 is 2.63 bits per heavy atom. The standard InChI is InChI=1S/C12H15BrClNO3S/c13-9-6-5-8(7-10(9)14)19(17,18)15-11-3-1-2-4-12(11)16/h5-7,11-12,15-16H,1-4H2. The Kier molecular flexibility index (Phi) is 4.89. The first-order chi connectivity index (χ1) is 8.90. The highest BCUT2D eigenvalue weighted by molar-refractivity contribution is 9.10. The third kappa shape index (κ3) is 3.70. The molecule has 1 aliphatic carbocycles. The molecule has 1 aliphatic rings. The molecule has 1 fully saturated rings. The van der Waals surface area contributed by atoms with E-state index in [9.17, 15) is 13.5 Å². The Morgan fingerprint density at radius 1 is 1.32 bits per heavy atom. The van der Waals surface area contributed by atoms with E-state index in [4.69, 9.17) is 11.6 Å². The zero-order chi connectivity index (χ0) is 14.0. The number of hydrogen-bond acceptors (Lipinski definition) is 3. The van der Waals surface area contributed by atoms with Gasteiger partial charge in [0.2, 0.25) is 10.0 Å². The van der Waals surface area contributed by atoms with Gasteiger partial charge in [-0.1, -0.05) is 24.4 Å². The van der Waals surface area contributed by atoms with Gasteiger partial charge in [-0.15, -0.1) is 0 Å². The fourth-order valence-corrected chi connectivity index (χ4v) is 3.98. The van der Waals surface area contributed by atoms with Gasteiger partial charge in [0.15, 0.2) is 0 Å². The van der Waals surface area contributed by atoms with Crippen LogP contribution in [0.15, 0.2) is 27.6 Å². The molecular weight excluding hydrogens is 354 g/mol. The number of hydrogen-bond donors (Lipinski definition) is 2. The molecule has 0 heterocycles. The molecule has 7 heteroatoms. The predicted molar refractivity (Wildman–Crippen MR) is 77.7 cm³/mol. The topological polar surface area (TPSA) is 66.4 Å². The fraction of sp³-hybridized carbons (Fsp3) is 0.500. The van der Waals surface area contributed by atoms with Gasteiger partial charge in [0.25, 0.3) is 0 Å². The molecule has 4 nitrogen and oxygen atoms in total. The van der Waals surface area contributed by atoms with Gasteiger partial charge < -0.3 is 5.11 Å². The van der Waals surface area contributed by atoms with Crippen LogP contribution in [0.2, 0.25) is 5.02 Å². The maximum absolute atomic E-state index is 12.2. The molecule has 0 spiro atoms. The number of rotatable bonds is 3. The first kappa shape index (κ1) is 15.3. The number of aliphatic hydroxyl groups is 1. The number of nitrogens with one attached hydrogen (secondary N) is 1. The second-order valence-electron chi connectivity index (χ2n) is 4.66. The van der Waals surface area contributed by atoms with Gasteiger partial charge in [-0.25, -0.2) is 13.1 Å². The molecule has 0 amide bonds. The Balaban J connectivity index is 2.19. The second kappa shape index (κ2) is 6.10. The van der Waals surface area contributed by atoms with Gasteiger partial charge in [-0.3, -0.25) is 0 Å². The lowest BCUT2D eigenvalue weighted by Crippen LogP contribution is -2.44. The lowest BCUT2D eigenvalue weighted by molar-refractivity contribution is 0.101. The quantitative estimate of drug-likeness (QED) is 0.862. The summed E-state index contributed by atoms with van der Waals surface area (Å²) in [5.41, 5.74) is 0. The highest BCUT2D eigenvalue weighted by Crippen LogP contribution is 2.26. The maximum atomic E-state index is 12.2. The van der Waals surface area contributed by atoms with Gasteiger partial charge in [-0.05, 0) is 47.0 Å². The summed E-state index contributed by atoms with van der Waals surface area (Å²) in [4.78, 5) is 0.110. The summed E-state index contributed by atoms with van der Waals surface area (Å²) in [5, 5.41) is 10.2. The monoisotopic (exact) mass is 367 g/mol. The van der Waals surface area contributed by atoms with E-state index < -0.39 is 22.2 Å².